The fraction of sp³-hybridized carbons (Fsp3) is 0.269. The number of aromatic nitrogens is 3. The molecular weight excluding hydrogens is 398 g/mol. The summed E-state index contributed by atoms with van der Waals surface area (Å²) in [5.74, 6) is 0.100. The van der Waals surface area contributed by atoms with Crippen molar-refractivity contribution in [2.45, 2.75) is 20.4 Å². The number of rotatable bonds is 4. The van der Waals surface area contributed by atoms with E-state index in [0.717, 1.165) is 48.3 Å². The maximum Gasteiger partial charge on any atom is 0.253 e. The van der Waals surface area contributed by atoms with Crippen LogP contribution in [0.25, 0.3) is 11.0 Å². The molecule has 6 heteroatoms. The van der Waals surface area contributed by atoms with E-state index in [0.29, 0.717) is 6.54 Å². The summed E-state index contributed by atoms with van der Waals surface area (Å²) >= 11 is 0. The Morgan fingerprint density at radius 2 is 1.62 bits per heavy atom. The molecule has 1 aromatic heterocycles. The van der Waals surface area contributed by atoms with Crippen LogP contribution >= 0.6 is 0 Å². The lowest BCUT2D eigenvalue weighted by Gasteiger charge is -2.37. The molecule has 0 bridgehead atoms. The summed E-state index contributed by atoms with van der Waals surface area (Å²) in [5.41, 5.74) is 7.63. The third-order valence-corrected chi connectivity index (χ3v) is 6.44. The van der Waals surface area contributed by atoms with E-state index in [4.69, 9.17) is 0 Å². The highest BCUT2D eigenvalue weighted by Gasteiger charge is 2.23. The molecule has 2 heterocycles. The summed E-state index contributed by atoms with van der Waals surface area (Å²) in [6.45, 7) is 8.13. The van der Waals surface area contributed by atoms with Crippen molar-refractivity contribution in [3.8, 4) is 0 Å². The molecule has 0 aliphatic carbocycles. The molecule has 0 atom stereocenters. The minimum absolute atomic E-state index is 0.100. The second kappa shape index (κ2) is 8.46. The Labute approximate surface area is 188 Å². The highest BCUT2D eigenvalue weighted by molar-refractivity contribution is 5.94. The second-order valence-electron chi connectivity index (χ2n) is 8.43. The summed E-state index contributed by atoms with van der Waals surface area (Å²) < 4.78 is 1.89. The maximum absolute atomic E-state index is 13.0. The monoisotopic (exact) mass is 425 g/mol. The third-order valence-electron chi connectivity index (χ3n) is 6.44. The highest BCUT2D eigenvalue weighted by Crippen LogP contribution is 2.24. The summed E-state index contributed by atoms with van der Waals surface area (Å²) in [7, 11) is 0. The molecule has 3 aromatic carbocycles. The van der Waals surface area contributed by atoms with Gasteiger partial charge >= 0.3 is 0 Å². The van der Waals surface area contributed by atoms with Crippen LogP contribution < -0.4 is 4.90 Å². The summed E-state index contributed by atoms with van der Waals surface area (Å²) in [6.07, 6.45) is 0. The quantitative estimate of drug-likeness (QED) is 0.495. The van der Waals surface area contributed by atoms with Gasteiger partial charge in [-0.3, -0.25) is 4.79 Å². The normalized spacial score (nSPS) is 14.2. The van der Waals surface area contributed by atoms with Crippen LogP contribution in [0.2, 0.25) is 0 Å². The Balaban J connectivity index is 1.23. The van der Waals surface area contributed by atoms with Crippen molar-refractivity contribution in [2.24, 2.45) is 0 Å². The van der Waals surface area contributed by atoms with Crippen molar-refractivity contribution in [2.75, 3.05) is 31.1 Å². The molecule has 1 aliphatic rings. The lowest BCUT2D eigenvalue weighted by molar-refractivity contribution is 0.0746. The van der Waals surface area contributed by atoms with Crippen molar-refractivity contribution < 1.29 is 4.79 Å². The van der Waals surface area contributed by atoms with Gasteiger partial charge in [0.05, 0.1) is 12.1 Å². The van der Waals surface area contributed by atoms with Crippen LogP contribution in [0.3, 0.4) is 0 Å². The fourth-order valence-corrected chi connectivity index (χ4v) is 4.37. The van der Waals surface area contributed by atoms with Crippen LogP contribution in [0.4, 0.5) is 5.69 Å². The van der Waals surface area contributed by atoms with E-state index in [2.05, 4.69) is 47.3 Å². The van der Waals surface area contributed by atoms with Crippen molar-refractivity contribution >= 4 is 22.6 Å². The Morgan fingerprint density at radius 1 is 0.875 bits per heavy atom. The first-order chi connectivity index (χ1) is 15.6. The van der Waals surface area contributed by atoms with Crippen LogP contribution in [-0.4, -0.2) is 52.0 Å². The number of fused-ring (bicyclic) bond motifs is 1. The van der Waals surface area contributed by atoms with Gasteiger partial charge in [-0.25, -0.2) is 4.68 Å². The smallest absolute Gasteiger partial charge is 0.253 e. The highest BCUT2D eigenvalue weighted by atomic mass is 16.2. The molecule has 1 fully saturated rings. The van der Waals surface area contributed by atoms with Crippen LogP contribution in [0, 0.1) is 13.8 Å². The molecule has 6 nitrogen and oxygen atoms in total. The number of carbonyl (C=O) groups excluding carboxylic acids is 1. The summed E-state index contributed by atoms with van der Waals surface area (Å²) in [4.78, 5) is 17.4. The number of aryl methyl sites for hydroxylation is 1. The second-order valence-corrected chi connectivity index (χ2v) is 8.43. The van der Waals surface area contributed by atoms with E-state index in [1.54, 1.807) is 0 Å². The van der Waals surface area contributed by atoms with Gasteiger partial charge in [0.25, 0.3) is 5.91 Å². The number of hydrogen-bond donors (Lipinski definition) is 0. The molecule has 162 valence electrons. The zero-order chi connectivity index (χ0) is 22.1. The standard InChI is InChI=1S/C26H27N5O/c1-19-6-5-9-24(20(19)2)29-14-16-30(17-15-29)26(32)22-12-10-21(11-13-22)18-31-25-8-4-3-7-23(25)27-28-31/h3-13H,14-18H2,1-2H3. The lowest BCUT2D eigenvalue weighted by Crippen LogP contribution is -2.49. The molecule has 1 aliphatic heterocycles. The van der Waals surface area contributed by atoms with Crippen LogP contribution in [0.15, 0.2) is 66.7 Å². The van der Waals surface area contributed by atoms with Crippen LogP contribution in [0.1, 0.15) is 27.0 Å². The van der Waals surface area contributed by atoms with Crippen molar-refractivity contribution in [3.63, 3.8) is 0 Å². The van der Waals surface area contributed by atoms with Crippen molar-refractivity contribution in [3.05, 3.63) is 89.0 Å². The van der Waals surface area contributed by atoms with Gasteiger partial charge < -0.3 is 9.80 Å². The Morgan fingerprint density at radius 3 is 2.41 bits per heavy atom. The molecule has 0 unspecified atom stereocenters. The van der Waals surface area contributed by atoms with E-state index >= 15 is 0 Å². The number of amides is 1. The first-order valence-corrected chi connectivity index (χ1v) is 11.1. The van der Waals surface area contributed by atoms with E-state index in [1.165, 1.54) is 16.8 Å². The van der Waals surface area contributed by atoms with E-state index < -0.39 is 0 Å². The average molecular weight is 426 g/mol. The Hall–Kier alpha value is -3.67. The summed E-state index contributed by atoms with van der Waals surface area (Å²) in [5, 5.41) is 8.46. The number of carbonyl (C=O) groups is 1. The molecule has 32 heavy (non-hydrogen) atoms. The number of nitrogens with zero attached hydrogens (tertiary/aromatic N) is 5. The van der Waals surface area contributed by atoms with E-state index in [1.807, 2.05) is 58.1 Å². The largest absolute Gasteiger partial charge is 0.368 e. The number of hydrogen-bond acceptors (Lipinski definition) is 4. The molecule has 1 amide bonds. The lowest BCUT2D eigenvalue weighted by atomic mass is 10.1. The zero-order valence-electron chi connectivity index (χ0n) is 18.5. The van der Waals surface area contributed by atoms with Gasteiger partial charge in [0.15, 0.2) is 0 Å². The van der Waals surface area contributed by atoms with Crippen LogP contribution in [0.5, 0.6) is 0 Å². The minimum Gasteiger partial charge on any atom is -0.368 e. The molecule has 0 radical (unpaired) electrons. The topological polar surface area (TPSA) is 54.3 Å². The predicted octanol–water partition coefficient (Wildman–Crippen LogP) is 4.06. The van der Waals surface area contributed by atoms with Gasteiger partial charge in [-0.2, -0.15) is 0 Å². The van der Waals surface area contributed by atoms with Gasteiger partial charge in [-0.05, 0) is 60.9 Å². The Kier molecular flexibility index (Phi) is 5.35. The Bertz CT molecular complexity index is 1250. The molecule has 5 rings (SSSR count). The van der Waals surface area contributed by atoms with Crippen LogP contribution in [-0.2, 0) is 6.54 Å². The van der Waals surface area contributed by atoms with Gasteiger partial charge in [0, 0.05) is 37.4 Å². The summed E-state index contributed by atoms with van der Waals surface area (Å²) in [6, 6.07) is 22.2. The molecular formula is C26H27N5O. The first kappa shape index (κ1) is 20.2. The number of para-hydroxylation sites is 1. The van der Waals surface area contributed by atoms with Gasteiger partial charge in [-0.15, -0.1) is 5.10 Å². The average Bonchev–Trinajstić information content (AvgIpc) is 3.24. The number of anilines is 1. The van der Waals surface area contributed by atoms with E-state index in [9.17, 15) is 4.79 Å². The van der Waals surface area contributed by atoms with E-state index in [-0.39, 0.29) is 5.91 Å². The third kappa shape index (κ3) is 3.84. The maximum atomic E-state index is 13.0. The van der Waals surface area contributed by atoms with Crippen molar-refractivity contribution in [1.29, 1.82) is 0 Å². The predicted molar refractivity (Wildman–Crippen MR) is 127 cm³/mol. The van der Waals surface area contributed by atoms with Gasteiger partial charge in [0.2, 0.25) is 0 Å². The molecule has 0 spiro atoms. The number of piperazine rings is 1. The first-order valence-electron chi connectivity index (χ1n) is 11.1. The molecule has 0 N–H and O–H groups in total. The fourth-order valence-electron chi connectivity index (χ4n) is 4.37. The van der Waals surface area contributed by atoms with Crippen molar-refractivity contribution in [1.82, 2.24) is 19.9 Å². The minimum atomic E-state index is 0.100. The van der Waals surface area contributed by atoms with Gasteiger partial charge in [-0.1, -0.05) is 41.6 Å². The zero-order valence-corrected chi connectivity index (χ0v) is 18.5. The SMILES string of the molecule is Cc1cccc(N2CCN(C(=O)c3ccc(Cn4nnc5ccccc54)cc3)CC2)c1C. The molecule has 4 aromatic rings. The molecule has 1 saturated heterocycles. The molecule has 0 saturated carbocycles. The van der Waals surface area contributed by atoms with Gasteiger partial charge in [0.1, 0.15) is 5.52 Å². The number of benzene rings is 3.